The minimum atomic E-state index is -1.79. The van der Waals surface area contributed by atoms with Gasteiger partial charge in [-0.25, -0.2) is 4.39 Å². The van der Waals surface area contributed by atoms with Crippen LogP contribution in [0.2, 0.25) is 5.02 Å². The van der Waals surface area contributed by atoms with Crippen LogP contribution in [0.15, 0.2) is 36.4 Å². The summed E-state index contributed by atoms with van der Waals surface area (Å²) in [6.07, 6.45) is -2.67. The molecule has 3 aliphatic heterocycles. The molecule has 6 N–H and O–H groups in total. The molecular weight excluding hydrogens is 537 g/mol. The zero-order valence-corrected chi connectivity index (χ0v) is 22.1. The van der Waals surface area contributed by atoms with Crippen LogP contribution in [0, 0.1) is 5.82 Å². The van der Waals surface area contributed by atoms with Crippen molar-refractivity contribution in [2.24, 2.45) is 0 Å². The normalized spacial score (nSPS) is 31.5. The van der Waals surface area contributed by atoms with Gasteiger partial charge in [-0.05, 0) is 68.1 Å². The summed E-state index contributed by atoms with van der Waals surface area (Å²) in [7, 11) is 0. The number of hydrogen-bond donors (Lipinski definition) is 6. The van der Waals surface area contributed by atoms with Gasteiger partial charge in [-0.15, -0.1) is 0 Å². The number of hydrogen-bond acceptors (Lipinski definition) is 9. The first-order chi connectivity index (χ1) is 18.6. The monoisotopic (exact) mass is 569 g/mol. The Morgan fingerprint density at radius 2 is 1.97 bits per heavy atom. The van der Waals surface area contributed by atoms with Crippen LogP contribution in [0.1, 0.15) is 36.5 Å². The fourth-order valence-electron chi connectivity index (χ4n) is 5.04. The van der Waals surface area contributed by atoms with E-state index >= 15 is 0 Å². The second-order valence-electron chi connectivity index (χ2n) is 9.83. The van der Waals surface area contributed by atoms with E-state index < -0.39 is 48.1 Å². The van der Waals surface area contributed by atoms with Gasteiger partial charge in [-0.2, -0.15) is 0 Å². The third-order valence-electron chi connectivity index (χ3n) is 7.23. The number of nitrogens with one attached hydrogen (secondary N) is 1. The van der Waals surface area contributed by atoms with Gasteiger partial charge in [0.15, 0.2) is 11.6 Å². The predicted molar refractivity (Wildman–Crippen MR) is 137 cm³/mol. The predicted octanol–water partition coefficient (Wildman–Crippen LogP) is 1.32. The maximum atomic E-state index is 14.2. The van der Waals surface area contributed by atoms with Crippen LogP contribution in [0.5, 0.6) is 5.75 Å². The van der Waals surface area contributed by atoms with Crippen LogP contribution >= 0.6 is 11.6 Å². The van der Waals surface area contributed by atoms with Gasteiger partial charge in [0, 0.05) is 10.6 Å². The SMILES string of the molecule is CCOc1ccc(Cc2cc(C34OC[C@](CO)(O3)[C@H](O)[C@H](O)[C@@H]4O)ccc2Cl)cc1F.O=C(O)[C@@H]1CCCN1. The molecule has 3 saturated heterocycles. The molecule has 3 fully saturated rings. The molecule has 0 aromatic heterocycles. The lowest BCUT2D eigenvalue weighted by Gasteiger charge is -2.46. The first kappa shape index (κ1) is 29.6. The second-order valence-corrected chi connectivity index (χ2v) is 10.2. The lowest BCUT2D eigenvalue weighted by Crippen LogP contribution is -2.65. The third kappa shape index (κ3) is 5.77. The van der Waals surface area contributed by atoms with Gasteiger partial charge < -0.3 is 45.1 Å². The molecule has 39 heavy (non-hydrogen) atoms. The first-order valence-electron chi connectivity index (χ1n) is 12.7. The lowest BCUT2D eigenvalue weighted by atomic mass is 9.83. The fourth-order valence-corrected chi connectivity index (χ4v) is 5.23. The van der Waals surface area contributed by atoms with Crippen molar-refractivity contribution in [2.75, 3.05) is 26.4 Å². The summed E-state index contributed by atoms with van der Waals surface area (Å²) in [6.45, 7) is 2.15. The molecule has 12 heteroatoms. The van der Waals surface area contributed by atoms with Crippen LogP contribution in [0.25, 0.3) is 0 Å². The molecule has 0 spiro atoms. The van der Waals surface area contributed by atoms with E-state index in [9.17, 15) is 29.6 Å². The number of halogens is 2. The van der Waals surface area contributed by atoms with Gasteiger partial charge in [0.2, 0.25) is 5.79 Å². The highest BCUT2D eigenvalue weighted by Gasteiger charge is 2.67. The van der Waals surface area contributed by atoms with Crippen molar-refractivity contribution in [3.05, 3.63) is 63.9 Å². The van der Waals surface area contributed by atoms with Crippen molar-refractivity contribution < 1.29 is 48.9 Å². The van der Waals surface area contributed by atoms with Crippen LogP contribution < -0.4 is 10.1 Å². The molecule has 2 bridgehead atoms. The molecule has 1 unspecified atom stereocenters. The average molecular weight is 570 g/mol. The van der Waals surface area contributed by atoms with Gasteiger partial charge in [0.25, 0.3) is 0 Å². The maximum Gasteiger partial charge on any atom is 0.320 e. The lowest BCUT2D eigenvalue weighted by molar-refractivity contribution is -0.329. The number of aliphatic carboxylic acids is 1. The summed E-state index contributed by atoms with van der Waals surface area (Å²) in [4.78, 5) is 10.1. The largest absolute Gasteiger partial charge is 0.491 e. The molecule has 3 heterocycles. The van der Waals surface area contributed by atoms with Crippen molar-refractivity contribution in [1.82, 2.24) is 5.32 Å². The molecule has 0 saturated carbocycles. The zero-order valence-electron chi connectivity index (χ0n) is 21.3. The van der Waals surface area contributed by atoms with Crippen molar-refractivity contribution in [3.8, 4) is 5.75 Å². The molecule has 5 rings (SSSR count). The Morgan fingerprint density at radius 1 is 1.21 bits per heavy atom. The van der Waals surface area contributed by atoms with Crippen molar-refractivity contribution in [2.45, 2.75) is 61.9 Å². The van der Waals surface area contributed by atoms with E-state index in [1.165, 1.54) is 6.07 Å². The molecule has 2 aromatic rings. The summed E-state index contributed by atoms with van der Waals surface area (Å²) in [6, 6.07) is 9.16. The topological polar surface area (TPSA) is 158 Å². The van der Waals surface area contributed by atoms with E-state index in [1.54, 1.807) is 37.3 Å². The molecule has 0 radical (unpaired) electrons. The van der Waals surface area contributed by atoms with Crippen LogP contribution in [-0.2, 0) is 26.5 Å². The van der Waals surface area contributed by atoms with E-state index in [4.69, 9.17) is 30.9 Å². The van der Waals surface area contributed by atoms with E-state index in [0.717, 1.165) is 19.4 Å². The second kappa shape index (κ2) is 12.0. The van der Waals surface area contributed by atoms with E-state index in [1.807, 2.05) is 0 Å². The van der Waals surface area contributed by atoms with Gasteiger partial charge in [0.05, 0.1) is 19.8 Å². The summed E-state index contributed by atoms with van der Waals surface area (Å²) >= 11 is 6.36. The maximum absolute atomic E-state index is 14.2. The van der Waals surface area contributed by atoms with Crippen LogP contribution in [0.3, 0.4) is 0 Å². The minimum Gasteiger partial charge on any atom is -0.491 e. The van der Waals surface area contributed by atoms with Gasteiger partial charge >= 0.3 is 5.97 Å². The summed E-state index contributed by atoms with van der Waals surface area (Å²) in [5.74, 6) is -2.83. The average Bonchev–Trinajstić information content (AvgIpc) is 3.59. The van der Waals surface area contributed by atoms with Crippen molar-refractivity contribution >= 4 is 17.6 Å². The number of rotatable bonds is 7. The molecule has 6 atom stereocenters. The highest BCUT2D eigenvalue weighted by atomic mass is 35.5. The smallest absolute Gasteiger partial charge is 0.320 e. The fraction of sp³-hybridized carbons (Fsp3) is 0.519. The molecule has 10 nitrogen and oxygen atoms in total. The number of carboxylic acid groups (broad SMARTS) is 1. The molecule has 214 valence electrons. The van der Waals surface area contributed by atoms with Crippen molar-refractivity contribution in [3.63, 3.8) is 0 Å². The molecule has 2 aromatic carbocycles. The quantitative estimate of drug-likeness (QED) is 0.287. The Bertz CT molecular complexity index is 1180. The van der Waals surface area contributed by atoms with E-state index in [-0.39, 0.29) is 24.8 Å². The Balaban J connectivity index is 0.000000379. The zero-order chi connectivity index (χ0) is 28.4. The standard InChI is InChI=1S/C22H24ClFO7.C5H9NO2/c1-2-29-17-6-3-12(8-16(17)24)7-13-9-14(4-5-15(13)23)22-20(28)18(26)19(27)21(10-25,31-22)11-30-22;7-5(8)4-2-1-3-6-4/h3-6,8-9,18-20,25-28H,2,7,10-11H2,1H3;4,6H,1-3H2,(H,7,8)/t18-,19+,20-,21-,22?;4-/m00/s1. The number of aliphatic hydroxyl groups excluding tert-OH is 4. The summed E-state index contributed by atoms with van der Waals surface area (Å²) in [5, 5.41) is 52.7. The van der Waals surface area contributed by atoms with E-state index in [0.29, 0.717) is 28.3 Å². The first-order valence-corrected chi connectivity index (χ1v) is 13.1. The van der Waals surface area contributed by atoms with E-state index in [2.05, 4.69) is 5.32 Å². The highest BCUT2D eigenvalue weighted by molar-refractivity contribution is 6.31. The molecular formula is C27H33ClFNO9. The number of carboxylic acids is 1. The highest BCUT2D eigenvalue weighted by Crippen LogP contribution is 2.49. The number of fused-ring (bicyclic) bond motifs is 2. The van der Waals surface area contributed by atoms with Crippen molar-refractivity contribution in [1.29, 1.82) is 0 Å². The third-order valence-corrected chi connectivity index (χ3v) is 7.59. The summed E-state index contributed by atoms with van der Waals surface area (Å²) < 4.78 is 31.0. The Labute approximate surface area is 229 Å². The van der Waals surface area contributed by atoms with Gasteiger partial charge in [0.1, 0.15) is 30.0 Å². The number of aliphatic hydroxyl groups is 4. The Kier molecular flexibility index (Phi) is 9.14. The van der Waals surface area contributed by atoms with Gasteiger partial charge in [-0.1, -0.05) is 23.7 Å². The minimum absolute atomic E-state index is 0.163. The Hall–Kier alpha value is -2.35. The molecule has 0 amide bonds. The number of carbonyl (C=O) groups is 1. The number of ether oxygens (including phenoxy) is 3. The van der Waals surface area contributed by atoms with Gasteiger partial charge in [-0.3, -0.25) is 4.79 Å². The summed E-state index contributed by atoms with van der Waals surface area (Å²) in [5.41, 5.74) is 0.0530. The molecule has 0 aliphatic carbocycles. The molecule has 3 aliphatic rings. The van der Waals surface area contributed by atoms with Crippen LogP contribution in [-0.4, -0.2) is 87.8 Å². The number of benzene rings is 2. The van der Waals surface area contributed by atoms with Crippen LogP contribution in [0.4, 0.5) is 4.39 Å². The Morgan fingerprint density at radius 3 is 2.56 bits per heavy atom.